The van der Waals surface area contributed by atoms with Gasteiger partial charge in [-0.15, -0.1) is 0 Å². The molecule has 3 heterocycles. The zero-order chi connectivity index (χ0) is 15.7. The lowest BCUT2D eigenvalue weighted by molar-refractivity contribution is 0.0546. The normalized spacial score (nSPS) is 27.7. The van der Waals surface area contributed by atoms with Crippen LogP contribution in [0.4, 0.5) is 0 Å². The highest BCUT2D eigenvalue weighted by atomic mass is 32.2. The second kappa shape index (κ2) is 6.27. The second-order valence-electron chi connectivity index (χ2n) is 6.14. The van der Waals surface area contributed by atoms with Gasteiger partial charge in [0.15, 0.2) is 0 Å². The fourth-order valence-corrected chi connectivity index (χ4v) is 4.45. The smallest absolute Gasteiger partial charge is 0.213 e. The van der Waals surface area contributed by atoms with Gasteiger partial charge >= 0.3 is 0 Å². The molecule has 0 radical (unpaired) electrons. The third-order valence-electron chi connectivity index (χ3n) is 4.50. The highest BCUT2D eigenvalue weighted by Crippen LogP contribution is 2.26. The molecule has 0 aliphatic carbocycles. The molecule has 0 bridgehead atoms. The molecule has 124 valence electrons. The van der Waals surface area contributed by atoms with Crippen LogP contribution < -0.4 is 0 Å². The predicted molar refractivity (Wildman–Crippen MR) is 82.7 cm³/mol. The Morgan fingerprint density at radius 1 is 1.36 bits per heavy atom. The van der Waals surface area contributed by atoms with Crippen LogP contribution in [0.2, 0.25) is 0 Å². The lowest BCUT2D eigenvalue weighted by Crippen LogP contribution is -2.34. The fraction of sp³-hybridized carbons (Fsp3) is 0.786. The van der Waals surface area contributed by atoms with Crippen molar-refractivity contribution >= 4 is 10.0 Å². The first-order valence-corrected chi connectivity index (χ1v) is 9.38. The van der Waals surface area contributed by atoms with Crippen molar-refractivity contribution in [2.75, 3.05) is 38.5 Å². The molecular weight excluding hydrogens is 304 g/mol. The maximum Gasteiger partial charge on any atom is 0.213 e. The SMILES string of the molecule is CCS(=O)(=O)N1C[C@@H]2CN(Cc3cnn(C)c3)CCO[C@@H]2C1. The van der Waals surface area contributed by atoms with Crippen molar-refractivity contribution in [2.45, 2.75) is 19.6 Å². The minimum Gasteiger partial charge on any atom is -0.375 e. The first-order valence-electron chi connectivity index (χ1n) is 7.77. The Kier molecular flexibility index (Phi) is 4.54. The third kappa shape index (κ3) is 3.34. The molecule has 22 heavy (non-hydrogen) atoms. The molecule has 2 atom stereocenters. The van der Waals surface area contributed by atoms with Crippen LogP contribution in [0.25, 0.3) is 0 Å². The van der Waals surface area contributed by atoms with Crippen molar-refractivity contribution in [1.29, 1.82) is 0 Å². The van der Waals surface area contributed by atoms with Gasteiger partial charge in [0.1, 0.15) is 0 Å². The van der Waals surface area contributed by atoms with Gasteiger partial charge in [-0.2, -0.15) is 9.40 Å². The summed E-state index contributed by atoms with van der Waals surface area (Å²) in [4.78, 5) is 2.34. The van der Waals surface area contributed by atoms with E-state index in [0.29, 0.717) is 19.7 Å². The lowest BCUT2D eigenvalue weighted by Gasteiger charge is -2.22. The molecule has 3 rings (SSSR count). The fourth-order valence-electron chi connectivity index (χ4n) is 3.29. The van der Waals surface area contributed by atoms with Crippen molar-refractivity contribution in [3.05, 3.63) is 18.0 Å². The first kappa shape index (κ1) is 15.9. The minimum atomic E-state index is -3.12. The maximum absolute atomic E-state index is 12.1. The molecule has 1 aromatic rings. The number of fused-ring (bicyclic) bond motifs is 1. The summed E-state index contributed by atoms with van der Waals surface area (Å²) < 4.78 is 33.4. The summed E-state index contributed by atoms with van der Waals surface area (Å²) in [5, 5.41) is 4.20. The number of aromatic nitrogens is 2. The average molecular weight is 328 g/mol. The number of nitrogens with zero attached hydrogens (tertiary/aromatic N) is 4. The average Bonchev–Trinajstić information content (AvgIpc) is 3.02. The number of sulfonamides is 1. The summed E-state index contributed by atoms with van der Waals surface area (Å²) in [5.74, 6) is 0.409. The van der Waals surface area contributed by atoms with E-state index in [9.17, 15) is 8.42 Å². The van der Waals surface area contributed by atoms with Gasteiger partial charge < -0.3 is 4.74 Å². The number of ether oxygens (including phenoxy) is 1. The number of hydrogen-bond donors (Lipinski definition) is 0. The van der Waals surface area contributed by atoms with E-state index in [-0.39, 0.29) is 17.8 Å². The summed E-state index contributed by atoms with van der Waals surface area (Å²) >= 11 is 0. The van der Waals surface area contributed by atoms with Crippen LogP contribution in [0.1, 0.15) is 12.5 Å². The van der Waals surface area contributed by atoms with Gasteiger partial charge in [0.25, 0.3) is 0 Å². The van der Waals surface area contributed by atoms with Crippen LogP contribution in [0, 0.1) is 5.92 Å². The zero-order valence-electron chi connectivity index (χ0n) is 13.2. The van der Waals surface area contributed by atoms with Gasteiger partial charge in [-0.25, -0.2) is 8.42 Å². The van der Waals surface area contributed by atoms with E-state index < -0.39 is 10.0 Å². The molecule has 2 fully saturated rings. The van der Waals surface area contributed by atoms with Crippen molar-refractivity contribution in [3.63, 3.8) is 0 Å². The van der Waals surface area contributed by atoms with E-state index >= 15 is 0 Å². The maximum atomic E-state index is 12.1. The van der Waals surface area contributed by atoms with Crippen LogP contribution in [-0.4, -0.2) is 72.0 Å². The summed E-state index contributed by atoms with van der Waals surface area (Å²) in [6.07, 6.45) is 3.93. The Balaban J connectivity index is 1.65. The van der Waals surface area contributed by atoms with Gasteiger partial charge in [-0.05, 0) is 6.92 Å². The Bertz CT molecular complexity index is 615. The van der Waals surface area contributed by atoms with E-state index in [0.717, 1.165) is 19.6 Å². The number of rotatable bonds is 4. The highest BCUT2D eigenvalue weighted by Gasteiger charge is 2.40. The van der Waals surface area contributed by atoms with E-state index in [4.69, 9.17) is 4.74 Å². The van der Waals surface area contributed by atoms with E-state index in [1.807, 2.05) is 19.4 Å². The largest absolute Gasteiger partial charge is 0.375 e. The van der Waals surface area contributed by atoms with Gasteiger partial charge in [0.05, 0.1) is 24.7 Å². The molecule has 0 spiro atoms. The third-order valence-corrected chi connectivity index (χ3v) is 6.32. The number of hydrogen-bond acceptors (Lipinski definition) is 5. The van der Waals surface area contributed by atoms with Crippen molar-refractivity contribution < 1.29 is 13.2 Å². The topological polar surface area (TPSA) is 67.7 Å². The van der Waals surface area contributed by atoms with E-state index in [1.165, 1.54) is 5.56 Å². The standard InChI is InChI=1S/C14H24N4O3S/c1-3-22(19,20)18-10-13-9-17(4-5-21-14(13)11-18)8-12-6-15-16(2)7-12/h6-7,13-14H,3-5,8-11H2,1-2H3/t13-,14+/m0/s1. The summed E-state index contributed by atoms with van der Waals surface area (Å²) in [5.41, 5.74) is 1.18. The Hall–Kier alpha value is -0.960. The minimum absolute atomic E-state index is 0.0280. The van der Waals surface area contributed by atoms with Gasteiger partial charge in [0, 0.05) is 57.4 Å². The van der Waals surface area contributed by atoms with Crippen LogP contribution in [0.15, 0.2) is 12.4 Å². The van der Waals surface area contributed by atoms with Gasteiger partial charge in [-0.1, -0.05) is 0 Å². The monoisotopic (exact) mass is 328 g/mol. The van der Waals surface area contributed by atoms with Crippen LogP contribution in [-0.2, 0) is 28.4 Å². The highest BCUT2D eigenvalue weighted by molar-refractivity contribution is 7.89. The molecule has 2 saturated heterocycles. The molecule has 0 aromatic carbocycles. The Labute approximate surface area is 131 Å². The molecule has 2 aliphatic heterocycles. The number of aryl methyl sites for hydroxylation is 1. The molecule has 0 saturated carbocycles. The van der Waals surface area contributed by atoms with Crippen molar-refractivity contribution in [3.8, 4) is 0 Å². The van der Waals surface area contributed by atoms with Gasteiger partial charge in [-0.3, -0.25) is 9.58 Å². The Morgan fingerprint density at radius 2 is 2.18 bits per heavy atom. The van der Waals surface area contributed by atoms with E-state index in [2.05, 4.69) is 10.00 Å². The summed E-state index contributed by atoms with van der Waals surface area (Å²) in [7, 11) is -1.21. The molecule has 0 unspecified atom stereocenters. The van der Waals surface area contributed by atoms with Crippen LogP contribution in [0.3, 0.4) is 0 Å². The summed E-state index contributed by atoms with van der Waals surface area (Å²) in [6.45, 7) is 6.01. The first-order chi connectivity index (χ1) is 10.5. The quantitative estimate of drug-likeness (QED) is 0.772. The molecule has 2 aliphatic rings. The second-order valence-corrected chi connectivity index (χ2v) is 8.40. The zero-order valence-corrected chi connectivity index (χ0v) is 14.0. The van der Waals surface area contributed by atoms with E-state index in [1.54, 1.807) is 15.9 Å². The molecule has 0 N–H and O–H groups in total. The molecule has 0 amide bonds. The summed E-state index contributed by atoms with van der Waals surface area (Å²) in [6, 6.07) is 0. The van der Waals surface area contributed by atoms with Crippen molar-refractivity contribution in [2.24, 2.45) is 13.0 Å². The molecular formula is C14H24N4O3S. The Morgan fingerprint density at radius 3 is 2.86 bits per heavy atom. The van der Waals surface area contributed by atoms with Gasteiger partial charge in [0.2, 0.25) is 10.0 Å². The molecule has 1 aromatic heterocycles. The molecule has 7 nitrogen and oxygen atoms in total. The lowest BCUT2D eigenvalue weighted by atomic mass is 10.1. The van der Waals surface area contributed by atoms with Crippen LogP contribution in [0.5, 0.6) is 0 Å². The molecule has 8 heteroatoms. The van der Waals surface area contributed by atoms with Crippen molar-refractivity contribution in [1.82, 2.24) is 19.0 Å². The predicted octanol–water partition coefficient (Wildman–Crippen LogP) is -0.0976. The van der Waals surface area contributed by atoms with Crippen LogP contribution >= 0.6 is 0 Å².